The number of nitrogens with two attached hydrogens (primary N) is 1. The molecule has 6 nitrogen and oxygen atoms in total. The fourth-order valence-corrected chi connectivity index (χ4v) is 4.27. The Morgan fingerprint density at radius 3 is 2.24 bits per heavy atom. The van der Waals surface area contributed by atoms with Crippen molar-refractivity contribution in [3.05, 3.63) is 123 Å². The van der Waals surface area contributed by atoms with Gasteiger partial charge in [-0.05, 0) is 35.4 Å². The van der Waals surface area contributed by atoms with Crippen LogP contribution < -0.4 is 10.5 Å². The number of carbonyl (C=O) groups excluding carboxylic acids is 2. The van der Waals surface area contributed by atoms with Crippen LogP contribution in [0.3, 0.4) is 0 Å². The van der Waals surface area contributed by atoms with Crippen LogP contribution in [0.2, 0.25) is 5.02 Å². The minimum Gasteiger partial charge on any atom is -0.489 e. The fraction of sp³-hybridized carbons (Fsp3) is 0.0741. The summed E-state index contributed by atoms with van der Waals surface area (Å²) in [5.41, 5.74) is 8.31. The highest BCUT2D eigenvalue weighted by Crippen LogP contribution is 2.44. The van der Waals surface area contributed by atoms with Gasteiger partial charge < -0.3 is 15.2 Å². The number of nitrogens with zero attached hydrogens (tertiary/aromatic N) is 1. The van der Waals surface area contributed by atoms with Gasteiger partial charge in [-0.1, -0.05) is 60.1 Å². The molecule has 0 fully saturated rings. The van der Waals surface area contributed by atoms with E-state index in [-0.39, 0.29) is 39.7 Å². The molecule has 0 spiro atoms. The van der Waals surface area contributed by atoms with Gasteiger partial charge in [-0.15, -0.1) is 0 Å². The number of nitriles is 1. The average Bonchev–Trinajstić information content (AvgIpc) is 2.86. The summed E-state index contributed by atoms with van der Waals surface area (Å²) in [5, 5.41) is 10.4. The van der Waals surface area contributed by atoms with Crippen molar-refractivity contribution in [1.82, 2.24) is 0 Å². The third-order valence-electron chi connectivity index (χ3n) is 5.82. The van der Waals surface area contributed by atoms with E-state index < -0.39 is 11.7 Å². The molecule has 0 saturated heterocycles. The van der Waals surface area contributed by atoms with Crippen molar-refractivity contribution < 1.29 is 19.1 Å². The van der Waals surface area contributed by atoms with Crippen LogP contribution in [0.4, 0.5) is 0 Å². The first-order valence-corrected chi connectivity index (χ1v) is 10.8. The van der Waals surface area contributed by atoms with Crippen LogP contribution in [0.25, 0.3) is 0 Å². The zero-order chi connectivity index (χ0) is 23.8. The zero-order valence-electron chi connectivity index (χ0n) is 17.7. The normalized spacial score (nSPS) is 17.0. The van der Waals surface area contributed by atoms with Gasteiger partial charge in [0.1, 0.15) is 24.0 Å². The van der Waals surface area contributed by atoms with Gasteiger partial charge in [-0.2, -0.15) is 5.26 Å². The molecule has 1 atom stereocenters. The summed E-state index contributed by atoms with van der Waals surface area (Å²) in [5.74, 6) is -1.34. The molecule has 0 bridgehead atoms. The molecule has 1 aliphatic heterocycles. The molecule has 1 aliphatic carbocycles. The maximum atomic E-state index is 13.4. The lowest BCUT2D eigenvalue weighted by atomic mass is 9.75. The van der Waals surface area contributed by atoms with Crippen LogP contribution in [-0.2, 0) is 11.3 Å². The number of allylic oxidation sites excluding steroid dienone is 3. The standard InChI is InChI=1S/C27H17ClN2O4/c28-17-9-5-15(6-10-17)14-33-18-11-7-16(8-12-18)22-21(13-29)27(30)34-26-23(22)24(31)19-3-1-2-4-20(19)25(26)32/h1-12,22H,14,30H2. The SMILES string of the molecule is N#CC1=C(N)OC2=C(C(=O)c3ccccc3C2=O)C1c1ccc(OCc2ccc(Cl)cc2)cc1. The number of rotatable bonds is 4. The first-order chi connectivity index (χ1) is 16.5. The van der Waals surface area contributed by atoms with Crippen LogP contribution in [0.5, 0.6) is 5.75 Å². The molecule has 0 radical (unpaired) electrons. The first kappa shape index (κ1) is 21.5. The average molecular weight is 469 g/mol. The van der Waals surface area contributed by atoms with Crippen LogP contribution in [-0.4, -0.2) is 11.6 Å². The van der Waals surface area contributed by atoms with Crippen molar-refractivity contribution in [2.75, 3.05) is 0 Å². The first-order valence-electron chi connectivity index (χ1n) is 10.5. The summed E-state index contributed by atoms with van der Waals surface area (Å²) in [6.45, 7) is 0.350. The van der Waals surface area contributed by atoms with Gasteiger partial charge in [-0.3, -0.25) is 9.59 Å². The van der Waals surface area contributed by atoms with Crippen LogP contribution >= 0.6 is 11.6 Å². The van der Waals surface area contributed by atoms with Crippen molar-refractivity contribution >= 4 is 23.2 Å². The molecule has 3 aromatic rings. The molecule has 0 aromatic heterocycles. The highest BCUT2D eigenvalue weighted by atomic mass is 35.5. The Balaban J connectivity index is 1.49. The Labute approximate surface area is 200 Å². The lowest BCUT2D eigenvalue weighted by molar-refractivity contribution is 0.0897. The summed E-state index contributed by atoms with van der Waals surface area (Å²) in [6.07, 6.45) is 0. The molecule has 7 heteroatoms. The Bertz CT molecular complexity index is 1430. The van der Waals surface area contributed by atoms with Crippen LogP contribution in [0, 0.1) is 11.3 Å². The van der Waals surface area contributed by atoms with Crippen molar-refractivity contribution in [2.45, 2.75) is 12.5 Å². The molecule has 2 N–H and O–H groups in total. The maximum absolute atomic E-state index is 13.4. The van der Waals surface area contributed by atoms with Gasteiger partial charge in [0.2, 0.25) is 11.7 Å². The number of benzene rings is 3. The van der Waals surface area contributed by atoms with E-state index in [2.05, 4.69) is 6.07 Å². The minimum atomic E-state index is -0.830. The molecule has 3 aromatic carbocycles. The van der Waals surface area contributed by atoms with Crippen LogP contribution in [0.15, 0.2) is 95.6 Å². The Morgan fingerprint density at radius 2 is 1.59 bits per heavy atom. The predicted molar refractivity (Wildman–Crippen MR) is 125 cm³/mol. The van der Waals surface area contributed by atoms with E-state index >= 15 is 0 Å². The minimum absolute atomic E-state index is 0.0779. The number of halogens is 1. The zero-order valence-corrected chi connectivity index (χ0v) is 18.5. The van der Waals surface area contributed by atoms with Gasteiger partial charge in [0.15, 0.2) is 11.5 Å². The number of ether oxygens (including phenoxy) is 2. The number of hydrogen-bond acceptors (Lipinski definition) is 6. The van der Waals surface area contributed by atoms with E-state index in [1.165, 1.54) is 0 Å². The van der Waals surface area contributed by atoms with Crippen LogP contribution in [0.1, 0.15) is 37.8 Å². The van der Waals surface area contributed by atoms with Gasteiger partial charge >= 0.3 is 0 Å². The quantitative estimate of drug-likeness (QED) is 0.574. The maximum Gasteiger partial charge on any atom is 0.229 e. The molecule has 2 aliphatic rings. The predicted octanol–water partition coefficient (Wildman–Crippen LogP) is 5.06. The van der Waals surface area contributed by atoms with E-state index in [1.54, 1.807) is 60.7 Å². The second-order valence-corrected chi connectivity index (χ2v) is 8.29. The van der Waals surface area contributed by atoms with Gasteiger partial charge in [0, 0.05) is 16.1 Å². The van der Waals surface area contributed by atoms with Crippen molar-refractivity contribution in [1.29, 1.82) is 5.26 Å². The smallest absolute Gasteiger partial charge is 0.229 e. The molecule has 34 heavy (non-hydrogen) atoms. The number of ketones is 2. The Hall–Kier alpha value is -4.34. The summed E-state index contributed by atoms with van der Waals surface area (Å²) in [4.78, 5) is 26.5. The lowest BCUT2D eigenvalue weighted by Crippen LogP contribution is -2.32. The van der Waals surface area contributed by atoms with E-state index in [1.807, 2.05) is 12.1 Å². The number of carbonyl (C=O) groups is 2. The largest absolute Gasteiger partial charge is 0.489 e. The summed E-state index contributed by atoms with van der Waals surface area (Å²) in [7, 11) is 0. The van der Waals surface area contributed by atoms with Crippen molar-refractivity contribution in [2.24, 2.45) is 5.73 Å². The summed E-state index contributed by atoms with van der Waals surface area (Å²) in [6, 6.07) is 22.9. The van der Waals surface area contributed by atoms with E-state index in [4.69, 9.17) is 26.8 Å². The Morgan fingerprint density at radius 1 is 0.941 bits per heavy atom. The topological polar surface area (TPSA) is 102 Å². The molecular weight excluding hydrogens is 452 g/mol. The molecular formula is C27H17ClN2O4. The molecule has 0 amide bonds. The third kappa shape index (κ3) is 3.62. The number of Topliss-reactive ketones (excluding diaryl/α,β-unsaturated/α-hetero) is 2. The second kappa shape index (κ2) is 8.54. The molecule has 0 saturated carbocycles. The lowest BCUT2D eigenvalue weighted by Gasteiger charge is -2.31. The van der Waals surface area contributed by atoms with Gasteiger partial charge in [-0.25, -0.2) is 0 Å². The van der Waals surface area contributed by atoms with Crippen molar-refractivity contribution in [3.63, 3.8) is 0 Å². The number of fused-ring (bicyclic) bond motifs is 1. The highest BCUT2D eigenvalue weighted by Gasteiger charge is 2.43. The van der Waals surface area contributed by atoms with E-state index in [0.29, 0.717) is 22.9 Å². The molecule has 1 unspecified atom stereocenters. The highest BCUT2D eigenvalue weighted by molar-refractivity contribution is 6.30. The third-order valence-corrected chi connectivity index (χ3v) is 6.07. The van der Waals surface area contributed by atoms with Crippen molar-refractivity contribution in [3.8, 4) is 11.8 Å². The summed E-state index contributed by atoms with van der Waals surface area (Å²) >= 11 is 5.92. The Kier molecular flexibility index (Phi) is 5.40. The number of hydrogen-bond donors (Lipinski definition) is 1. The molecule has 1 heterocycles. The molecule has 166 valence electrons. The fourth-order valence-electron chi connectivity index (χ4n) is 4.14. The van der Waals surface area contributed by atoms with E-state index in [9.17, 15) is 14.9 Å². The van der Waals surface area contributed by atoms with Gasteiger partial charge in [0.25, 0.3) is 0 Å². The van der Waals surface area contributed by atoms with Gasteiger partial charge in [0.05, 0.1) is 11.5 Å². The second-order valence-electron chi connectivity index (χ2n) is 7.86. The monoisotopic (exact) mass is 468 g/mol. The van der Waals surface area contributed by atoms with E-state index in [0.717, 1.165) is 5.56 Å². The summed E-state index contributed by atoms with van der Waals surface area (Å²) < 4.78 is 11.4. The molecule has 5 rings (SSSR count).